The molecule has 0 saturated heterocycles. The van der Waals surface area contributed by atoms with Gasteiger partial charge in [-0.2, -0.15) is 0 Å². The van der Waals surface area contributed by atoms with Gasteiger partial charge in [-0.3, -0.25) is 4.79 Å². The summed E-state index contributed by atoms with van der Waals surface area (Å²) < 4.78 is 15.9. The predicted octanol–water partition coefficient (Wildman–Crippen LogP) is 2.38. The normalized spacial score (nSPS) is 12.4. The molecular weight excluding hydrogens is 284 g/mol. The molecule has 6 heteroatoms. The lowest BCUT2D eigenvalue weighted by Crippen LogP contribution is -2.38. The van der Waals surface area contributed by atoms with Crippen LogP contribution in [0.3, 0.4) is 0 Å². The van der Waals surface area contributed by atoms with Gasteiger partial charge in [-0.1, -0.05) is 30.3 Å². The number of benzene rings is 1. The van der Waals surface area contributed by atoms with Gasteiger partial charge in [0.25, 0.3) is 5.91 Å². The van der Waals surface area contributed by atoms with E-state index in [1.165, 1.54) is 14.2 Å². The van der Waals surface area contributed by atoms with Gasteiger partial charge in [-0.05, 0) is 12.5 Å². The maximum absolute atomic E-state index is 12.5. The summed E-state index contributed by atoms with van der Waals surface area (Å²) in [4.78, 5) is 16.6. The summed E-state index contributed by atoms with van der Waals surface area (Å²) in [6.45, 7) is 3.40. The quantitative estimate of drug-likeness (QED) is 0.829. The number of carbonyl (C=O) groups excluding carboxylic acids is 1. The lowest BCUT2D eigenvalue weighted by Gasteiger charge is -2.25. The van der Waals surface area contributed by atoms with Gasteiger partial charge >= 0.3 is 0 Å². The topological polar surface area (TPSA) is 73.6 Å². The molecule has 1 heterocycles. The minimum atomic E-state index is -0.611. The second-order valence-corrected chi connectivity index (χ2v) is 4.84. The standard InChI is InChI=1S/C16H20N2O4/c1-10-13(17-11(2)22-10)15(19)18-14(16(20-3)21-4)12-8-6-5-7-9-12/h5-9,14,16H,1-4H3,(H,18,19)/t14-/m1/s1. The minimum Gasteiger partial charge on any atom is -0.445 e. The van der Waals surface area contributed by atoms with Gasteiger partial charge < -0.3 is 19.2 Å². The van der Waals surface area contributed by atoms with Crippen LogP contribution in [0, 0.1) is 13.8 Å². The summed E-state index contributed by atoms with van der Waals surface area (Å²) in [6.07, 6.45) is -0.611. The minimum absolute atomic E-state index is 0.268. The Morgan fingerprint density at radius 2 is 1.82 bits per heavy atom. The Morgan fingerprint density at radius 1 is 1.18 bits per heavy atom. The number of oxazole rings is 1. The third-order valence-electron chi connectivity index (χ3n) is 3.30. The van der Waals surface area contributed by atoms with Crippen LogP contribution in [0.1, 0.15) is 33.7 Å². The van der Waals surface area contributed by atoms with Crippen LogP contribution in [-0.4, -0.2) is 31.4 Å². The first kappa shape index (κ1) is 16.2. The molecule has 1 aromatic carbocycles. The number of aryl methyl sites for hydroxylation is 2. The smallest absolute Gasteiger partial charge is 0.274 e. The second-order valence-electron chi connectivity index (χ2n) is 4.84. The average Bonchev–Trinajstić information content (AvgIpc) is 2.87. The average molecular weight is 304 g/mol. The molecule has 0 aliphatic carbocycles. The summed E-state index contributed by atoms with van der Waals surface area (Å²) in [5, 5.41) is 2.89. The molecule has 0 aliphatic rings. The van der Waals surface area contributed by atoms with Crippen LogP contribution in [0.25, 0.3) is 0 Å². The van der Waals surface area contributed by atoms with E-state index in [0.29, 0.717) is 11.7 Å². The molecule has 1 aromatic heterocycles. The first-order valence-electron chi connectivity index (χ1n) is 6.92. The Bertz CT molecular complexity index is 620. The summed E-state index contributed by atoms with van der Waals surface area (Å²) in [7, 11) is 3.06. The van der Waals surface area contributed by atoms with E-state index in [1.54, 1.807) is 13.8 Å². The summed E-state index contributed by atoms with van der Waals surface area (Å²) >= 11 is 0. The molecule has 2 rings (SSSR count). The van der Waals surface area contributed by atoms with Gasteiger partial charge in [0.2, 0.25) is 0 Å². The number of nitrogens with one attached hydrogen (secondary N) is 1. The number of ether oxygens (including phenoxy) is 2. The fourth-order valence-corrected chi connectivity index (χ4v) is 2.29. The molecule has 6 nitrogen and oxygen atoms in total. The van der Waals surface area contributed by atoms with Gasteiger partial charge in [0.05, 0.1) is 0 Å². The van der Waals surface area contributed by atoms with E-state index in [1.807, 2.05) is 30.3 Å². The lowest BCUT2D eigenvalue weighted by molar-refractivity contribution is -0.122. The third-order valence-corrected chi connectivity index (χ3v) is 3.30. The number of aromatic nitrogens is 1. The molecule has 0 radical (unpaired) electrons. The van der Waals surface area contributed by atoms with Crippen molar-refractivity contribution in [2.24, 2.45) is 0 Å². The number of hydrogen-bond acceptors (Lipinski definition) is 5. The molecule has 2 aromatic rings. The molecule has 0 bridgehead atoms. The number of rotatable bonds is 6. The SMILES string of the molecule is COC(OC)[C@H](NC(=O)c1nc(C)oc1C)c1ccccc1. The Balaban J connectivity index is 2.26. The maximum Gasteiger partial charge on any atom is 0.274 e. The molecular formula is C16H20N2O4. The maximum atomic E-state index is 12.5. The van der Waals surface area contributed by atoms with E-state index >= 15 is 0 Å². The molecule has 0 fully saturated rings. The van der Waals surface area contributed by atoms with Gasteiger partial charge in [0.15, 0.2) is 17.9 Å². The van der Waals surface area contributed by atoms with E-state index in [4.69, 9.17) is 13.9 Å². The molecule has 1 atom stereocenters. The highest BCUT2D eigenvalue weighted by Gasteiger charge is 2.27. The lowest BCUT2D eigenvalue weighted by atomic mass is 10.1. The Morgan fingerprint density at radius 3 is 2.32 bits per heavy atom. The number of carbonyl (C=O) groups is 1. The van der Waals surface area contributed by atoms with Crippen LogP contribution >= 0.6 is 0 Å². The van der Waals surface area contributed by atoms with Gasteiger partial charge in [-0.25, -0.2) is 4.98 Å². The van der Waals surface area contributed by atoms with Crippen LogP contribution in [0.15, 0.2) is 34.7 Å². The zero-order valence-electron chi connectivity index (χ0n) is 13.1. The van der Waals surface area contributed by atoms with Crippen molar-refractivity contribution in [1.29, 1.82) is 0 Å². The fourth-order valence-electron chi connectivity index (χ4n) is 2.29. The summed E-state index contributed by atoms with van der Waals surface area (Å²) in [5.41, 5.74) is 1.15. The van der Waals surface area contributed by atoms with E-state index in [-0.39, 0.29) is 11.6 Å². The van der Waals surface area contributed by atoms with E-state index in [0.717, 1.165) is 5.56 Å². The van der Waals surface area contributed by atoms with Gasteiger partial charge in [0, 0.05) is 21.1 Å². The predicted molar refractivity (Wildman–Crippen MR) is 80.4 cm³/mol. The largest absolute Gasteiger partial charge is 0.445 e. The molecule has 118 valence electrons. The van der Waals surface area contributed by atoms with Crippen LogP contribution < -0.4 is 5.32 Å². The van der Waals surface area contributed by atoms with Crippen molar-refractivity contribution < 1.29 is 18.7 Å². The molecule has 1 amide bonds. The van der Waals surface area contributed by atoms with Crippen molar-refractivity contribution in [1.82, 2.24) is 10.3 Å². The van der Waals surface area contributed by atoms with Crippen molar-refractivity contribution in [2.45, 2.75) is 26.2 Å². The van der Waals surface area contributed by atoms with E-state index < -0.39 is 12.3 Å². The van der Waals surface area contributed by atoms with Crippen molar-refractivity contribution in [3.8, 4) is 0 Å². The zero-order chi connectivity index (χ0) is 16.1. The summed E-state index contributed by atoms with van der Waals surface area (Å²) in [5.74, 6) is 0.601. The second kappa shape index (κ2) is 7.20. The van der Waals surface area contributed by atoms with Crippen LogP contribution in [-0.2, 0) is 9.47 Å². The number of amides is 1. The number of nitrogens with zero attached hydrogens (tertiary/aromatic N) is 1. The Kier molecular flexibility index (Phi) is 5.30. The van der Waals surface area contributed by atoms with E-state index in [9.17, 15) is 4.79 Å². The monoisotopic (exact) mass is 304 g/mol. The van der Waals surface area contributed by atoms with Crippen LogP contribution in [0.5, 0.6) is 0 Å². The zero-order valence-corrected chi connectivity index (χ0v) is 13.1. The molecule has 1 N–H and O–H groups in total. The van der Waals surface area contributed by atoms with Crippen molar-refractivity contribution >= 4 is 5.91 Å². The molecule has 0 saturated carbocycles. The highest BCUT2D eigenvalue weighted by molar-refractivity contribution is 5.93. The molecule has 22 heavy (non-hydrogen) atoms. The first-order chi connectivity index (χ1) is 10.6. The van der Waals surface area contributed by atoms with Gasteiger partial charge in [0.1, 0.15) is 11.8 Å². The van der Waals surface area contributed by atoms with Crippen molar-refractivity contribution in [2.75, 3.05) is 14.2 Å². The van der Waals surface area contributed by atoms with Crippen LogP contribution in [0.4, 0.5) is 0 Å². The third kappa shape index (κ3) is 3.52. The first-order valence-corrected chi connectivity index (χ1v) is 6.92. The fraction of sp³-hybridized carbons (Fsp3) is 0.375. The summed E-state index contributed by atoms with van der Waals surface area (Å²) in [6, 6.07) is 9.03. The van der Waals surface area contributed by atoms with Crippen LogP contribution in [0.2, 0.25) is 0 Å². The Labute approximate surface area is 129 Å². The highest BCUT2D eigenvalue weighted by Crippen LogP contribution is 2.21. The van der Waals surface area contributed by atoms with E-state index in [2.05, 4.69) is 10.3 Å². The highest BCUT2D eigenvalue weighted by atomic mass is 16.7. The van der Waals surface area contributed by atoms with Crippen molar-refractivity contribution in [3.05, 3.63) is 53.2 Å². The van der Waals surface area contributed by atoms with Crippen molar-refractivity contribution in [3.63, 3.8) is 0 Å². The molecule has 0 unspecified atom stereocenters. The molecule has 0 spiro atoms. The number of hydrogen-bond donors (Lipinski definition) is 1. The number of methoxy groups -OCH3 is 2. The molecule has 0 aliphatic heterocycles. The van der Waals surface area contributed by atoms with Gasteiger partial charge in [-0.15, -0.1) is 0 Å². The Hall–Kier alpha value is -2.18.